The summed E-state index contributed by atoms with van der Waals surface area (Å²) in [6.07, 6.45) is 0. The largest absolute Gasteiger partial charge is 0.315 e. The third-order valence-corrected chi connectivity index (χ3v) is 7.10. The molecule has 5 nitrogen and oxygen atoms in total. The lowest BCUT2D eigenvalue weighted by Crippen LogP contribution is -2.50. The van der Waals surface area contributed by atoms with Crippen molar-refractivity contribution < 1.29 is 8.42 Å². The fraction of sp³-hybridized carbons (Fsp3) is 0.714. The van der Waals surface area contributed by atoms with E-state index in [1.807, 2.05) is 20.0 Å². The van der Waals surface area contributed by atoms with Crippen LogP contribution in [0.25, 0.3) is 0 Å². The second kappa shape index (κ2) is 6.75. The van der Waals surface area contributed by atoms with Gasteiger partial charge in [0.1, 0.15) is 0 Å². The maximum absolute atomic E-state index is 12.8. The number of hydrogen-bond donors (Lipinski definition) is 1. The Kier molecular flexibility index (Phi) is 5.43. The van der Waals surface area contributed by atoms with Crippen molar-refractivity contribution in [3.8, 4) is 0 Å². The van der Waals surface area contributed by atoms with Crippen molar-refractivity contribution >= 4 is 21.4 Å². The molecule has 1 aliphatic heterocycles. The summed E-state index contributed by atoms with van der Waals surface area (Å²) in [4.78, 5) is 4.75. The summed E-state index contributed by atoms with van der Waals surface area (Å²) in [6.45, 7) is 9.68. The van der Waals surface area contributed by atoms with E-state index in [0.29, 0.717) is 30.6 Å². The summed E-state index contributed by atoms with van der Waals surface area (Å²) in [6, 6.07) is 2.29. The lowest BCUT2D eigenvalue weighted by molar-refractivity contribution is 0.154. The molecule has 0 aromatic carbocycles. The summed E-state index contributed by atoms with van der Waals surface area (Å²) in [7, 11) is -1.48. The van der Waals surface area contributed by atoms with Gasteiger partial charge in [-0.05, 0) is 33.9 Å². The first-order chi connectivity index (χ1) is 9.86. The van der Waals surface area contributed by atoms with E-state index in [9.17, 15) is 8.42 Å². The summed E-state index contributed by atoms with van der Waals surface area (Å²) in [5, 5.41) is 3.07. The highest BCUT2D eigenvalue weighted by molar-refractivity contribution is 7.89. The molecule has 1 aromatic rings. The number of thiophene rings is 1. The Morgan fingerprint density at radius 1 is 1.29 bits per heavy atom. The topological polar surface area (TPSA) is 52.7 Å². The van der Waals surface area contributed by atoms with Crippen molar-refractivity contribution in [1.29, 1.82) is 0 Å². The second-order valence-corrected chi connectivity index (χ2v) is 8.94. The van der Waals surface area contributed by atoms with Crippen LogP contribution in [0, 0.1) is 6.92 Å². The summed E-state index contributed by atoms with van der Waals surface area (Å²) < 4.78 is 27.2. The first-order valence-electron chi connectivity index (χ1n) is 7.34. The molecule has 0 aliphatic carbocycles. The van der Waals surface area contributed by atoms with Crippen LogP contribution in [-0.4, -0.2) is 56.9 Å². The normalized spacial score (nSPS) is 18.5. The number of nitrogens with zero attached hydrogens (tertiary/aromatic N) is 2. The Bertz CT molecular complexity index is 573. The molecule has 0 atom stereocenters. The molecule has 0 spiro atoms. The van der Waals surface area contributed by atoms with E-state index in [1.165, 1.54) is 0 Å². The van der Waals surface area contributed by atoms with Gasteiger partial charge in [0, 0.05) is 48.5 Å². The fourth-order valence-corrected chi connectivity index (χ4v) is 5.68. The van der Waals surface area contributed by atoms with Gasteiger partial charge in [-0.3, -0.25) is 4.90 Å². The minimum absolute atomic E-state index is 0.472. The minimum atomic E-state index is -3.35. The highest BCUT2D eigenvalue weighted by Gasteiger charge is 2.31. The van der Waals surface area contributed by atoms with Gasteiger partial charge in [-0.1, -0.05) is 0 Å². The third kappa shape index (κ3) is 3.65. The second-order valence-electron chi connectivity index (χ2n) is 5.70. The number of nitrogens with one attached hydrogen (secondary N) is 1. The number of hydrogen-bond acceptors (Lipinski definition) is 5. The average molecular weight is 332 g/mol. The van der Waals surface area contributed by atoms with Gasteiger partial charge >= 0.3 is 0 Å². The fourth-order valence-electron chi connectivity index (χ4n) is 2.64. The van der Waals surface area contributed by atoms with Gasteiger partial charge in [0.05, 0.1) is 4.90 Å². The monoisotopic (exact) mass is 331 g/mol. The molecule has 1 N–H and O–H groups in total. The average Bonchev–Trinajstić information content (AvgIpc) is 2.81. The van der Waals surface area contributed by atoms with E-state index < -0.39 is 10.0 Å². The molecule has 7 heteroatoms. The van der Waals surface area contributed by atoms with Gasteiger partial charge in [-0.25, -0.2) is 8.42 Å². The van der Waals surface area contributed by atoms with Crippen LogP contribution in [0.4, 0.5) is 0 Å². The summed E-state index contributed by atoms with van der Waals surface area (Å²) in [5.41, 5.74) is 0. The molecule has 1 aromatic heterocycles. The van der Waals surface area contributed by atoms with E-state index in [1.54, 1.807) is 15.6 Å². The molecule has 0 bridgehead atoms. The first kappa shape index (κ1) is 16.9. The molecule has 0 amide bonds. The Hall–Kier alpha value is -0.470. The Labute approximate surface area is 132 Å². The molecule has 0 saturated carbocycles. The standard InChI is InChI=1S/C14H25N3O2S2/c1-11(2)16-5-7-17(8-6-16)21(18,19)14-9-13(10-15-4)20-12(14)3/h9,11,15H,5-8,10H2,1-4H3. The third-order valence-electron chi connectivity index (χ3n) is 3.90. The summed E-state index contributed by atoms with van der Waals surface area (Å²) >= 11 is 1.56. The molecule has 21 heavy (non-hydrogen) atoms. The molecular weight excluding hydrogens is 306 g/mol. The van der Waals surface area contributed by atoms with Crippen LogP contribution in [0.3, 0.4) is 0 Å². The van der Waals surface area contributed by atoms with Crippen LogP contribution in [-0.2, 0) is 16.6 Å². The van der Waals surface area contributed by atoms with Crippen molar-refractivity contribution in [3.63, 3.8) is 0 Å². The van der Waals surface area contributed by atoms with Gasteiger partial charge in [0.2, 0.25) is 10.0 Å². The molecular formula is C14H25N3O2S2. The smallest absolute Gasteiger partial charge is 0.244 e. The van der Waals surface area contributed by atoms with Crippen LogP contribution >= 0.6 is 11.3 Å². The van der Waals surface area contributed by atoms with E-state index in [-0.39, 0.29) is 0 Å². The van der Waals surface area contributed by atoms with Crippen LogP contribution < -0.4 is 5.32 Å². The Balaban J connectivity index is 2.15. The van der Waals surface area contributed by atoms with Crippen LogP contribution in [0.2, 0.25) is 0 Å². The maximum Gasteiger partial charge on any atom is 0.244 e. The van der Waals surface area contributed by atoms with E-state index in [0.717, 1.165) is 22.8 Å². The van der Waals surface area contributed by atoms with Crippen molar-refractivity contribution in [1.82, 2.24) is 14.5 Å². The lowest BCUT2D eigenvalue weighted by Gasteiger charge is -2.36. The van der Waals surface area contributed by atoms with Gasteiger partial charge in [0.25, 0.3) is 0 Å². The molecule has 2 rings (SSSR count). The number of rotatable bonds is 5. The van der Waals surface area contributed by atoms with Gasteiger partial charge in [-0.15, -0.1) is 11.3 Å². The number of sulfonamides is 1. The molecule has 0 unspecified atom stereocenters. The lowest BCUT2D eigenvalue weighted by atomic mass is 10.3. The maximum atomic E-state index is 12.8. The molecule has 120 valence electrons. The van der Waals surface area contributed by atoms with Crippen molar-refractivity contribution in [2.24, 2.45) is 0 Å². The van der Waals surface area contributed by atoms with Crippen molar-refractivity contribution in [2.75, 3.05) is 33.2 Å². The van der Waals surface area contributed by atoms with Gasteiger partial charge in [0.15, 0.2) is 0 Å². The predicted octanol–water partition coefficient (Wildman–Crippen LogP) is 1.49. The molecule has 2 heterocycles. The molecule has 1 saturated heterocycles. The van der Waals surface area contributed by atoms with E-state index >= 15 is 0 Å². The summed E-state index contributed by atoms with van der Waals surface area (Å²) in [5.74, 6) is 0. The molecule has 1 fully saturated rings. The first-order valence-corrected chi connectivity index (χ1v) is 9.60. The zero-order valence-corrected chi connectivity index (χ0v) is 14.9. The van der Waals surface area contributed by atoms with Crippen LogP contribution in [0.15, 0.2) is 11.0 Å². The zero-order valence-electron chi connectivity index (χ0n) is 13.2. The Morgan fingerprint density at radius 3 is 2.43 bits per heavy atom. The van der Waals surface area contributed by atoms with Crippen molar-refractivity contribution in [2.45, 2.75) is 38.3 Å². The zero-order chi connectivity index (χ0) is 15.6. The SMILES string of the molecule is CNCc1cc(S(=O)(=O)N2CCN(C(C)C)CC2)c(C)s1. The Morgan fingerprint density at radius 2 is 1.90 bits per heavy atom. The minimum Gasteiger partial charge on any atom is -0.315 e. The highest BCUT2D eigenvalue weighted by Crippen LogP contribution is 2.28. The van der Waals surface area contributed by atoms with E-state index in [2.05, 4.69) is 24.1 Å². The quantitative estimate of drug-likeness (QED) is 0.888. The predicted molar refractivity (Wildman–Crippen MR) is 87.3 cm³/mol. The van der Waals surface area contributed by atoms with Crippen molar-refractivity contribution in [3.05, 3.63) is 15.8 Å². The van der Waals surface area contributed by atoms with E-state index in [4.69, 9.17) is 0 Å². The van der Waals surface area contributed by atoms with Crippen LogP contribution in [0.5, 0.6) is 0 Å². The van der Waals surface area contributed by atoms with Gasteiger partial charge in [-0.2, -0.15) is 4.31 Å². The molecule has 1 aliphatic rings. The number of piperazine rings is 1. The van der Waals surface area contributed by atoms with Gasteiger partial charge < -0.3 is 5.32 Å². The highest BCUT2D eigenvalue weighted by atomic mass is 32.2. The van der Waals surface area contributed by atoms with Crippen LogP contribution in [0.1, 0.15) is 23.6 Å². The number of aryl methyl sites for hydroxylation is 1. The molecule has 0 radical (unpaired) electrons.